The Morgan fingerprint density at radius 3 is 2.94 bits per heavy atom. The molecule has 0 unspecified atom stereocenters. The van der Waals surface area contributed by atoms with Gasteiger partial charge in [0.1, 0.15) is 0 Å². The second-order valence-corrected chi connectivity index (χ2v) is 4.92. The number of rotatable bonds is 4. The fourth-order valence-corrected chi connectivity index (χ4v) is 2.64. The highest BCUT2D eigenvalue weighted by Crippen LogP contribution is 2.25. The van der Waals surface area contributed by atoms with Gasteiger partial charge in [-0.05, 0) is 12.8 Å². The molecule has 1 N–H and O–H groups in total. The quantitative estimate of drug-likeness (QED) is 0.643. The van der Waals surface area contributed by atoms with E-state index in [1.165, 1.54) is 6.07 Å². The molecule has 0 atom stereocenters. The van der Waals surface area contributed by atoms with Crippen molar-refractivity contribution in [3.63, 3.8) is 0 Å². The summed E-state index contributed by atoms with van der Waals surface area (Å²) in [5.74, 6) is -1.02. The number of ether oxygens (including phenoxy) is 1. The Kier molecular flexibility index (Phi) is 4.38. The first-order valence-electron chi connectivity index (χ1n) is 5.68. The molecule has 0 bridgehead atoms. The van der Waals surface area contributed by atoms with E-state index in [4.69, 9.17) is 9.84 Å². The summed E-state index contributed by atoms with van der Waals surface area (Å²) in [6, 6.07) is 1.63. The van der Waals surface area contributed by atoms with Gasteiger partial charge in [0.05, 0.1) is 5.75 Å². The minimum absolute atomic E-state index is 0.0975. The van der Waals surface area contributed by atoms with E-state index in [-0.39, 0.29) is 17.4 Å². The van der Waals surface area contributed by atoms with Crippen molar-refractivity contribution in [1.29, 1.82) is 0 Å². The van der Waals surface area contributed by atoms with Crippen molar-refractivity contribution >= 4 is 17.7 Å². The summed E-state index contributed by atoms with van der Waals surface area (Å²) in [6.07, 6.45) is 3.39. The van der Waals surface area contributed by atoms with E-state index in [0.29, 0.717) is 18.4 Å². The fourth-order valence-electron chi connectivity index (χ4n) is 1.87. The lowest BCUT2D eigenvalue weighted by Crippen LogP contribution is -2.23. The first-order chi connectivity index (χ1) is 8.66. The van der Waals surface area contributed by atoms with E-state index in [1.807, 2.05) is 4.57 Å². The molecular weight excluding hydrogens is 256 g/mol. The van der Waals surface area contributed by atoms with Crippen LogP contribution in [0.3, 0.4) is 0 Å². The van der Waals surface area contributed by atoms with Crippen LogP contribution in [0.5, 0.6) is 0 Å². The lowest BCUT2D eigenvalue weighted by molar-refractivity contribution is -0.133. The fraction of sp³-hybridized carbons (Fsp3) is 0.545. The molecule has 0 aliphatic carbocycles. The van der Waals surface area contributed by atoms with Crippen LogP contribution in [0, 0.1) is 0 Å². The zero-order valence-electron chi connectivity index (χ0n) is 9.74. The summed E-state index contributed by atoms with van der Waals surface area (Å²) in [4.78, 5) is 25.7. The molecule has 0 aromatic carbocycles. The third-order valence-electron chi connectivity index (χ3n) is 2.71. The van der Waals surface area contributed by atoms with Gasteiger partial charge in [-0.25, -0.2) is 0 Å². The average molecular weight is 270 g/mol. The zero-order chi connectivity index (χ0) is 13.0. The summed E-state index contributed by atoms with van der Waals surface area (Å²) in [7, 11) is 0. The van der Waals surface area contributed by atoms with Crippen LogP contribution in [0.4, 0.5) is 0 Å². The molecule has 1 fully saturated rings. The molecular formula is C11H14N2O4S. The van der Waals surface area contributed by atoms with Crippen molar-refractivity contribution in [2.24, 2.45) is 0 Å². The van der Waals surface area contributed by atoms with E-state index in [2.05, 4.69) is 4.98 Å². The van der Waals surface area contributed by atoms with Gasteiger partial charge in [0.25, 0.3) is 5.56 Å². The predicted molar refractivity (Wildman–Crippen MR) is 65.9 cm³/mol. The molecule has 0 spiro atoms. The number of aromatic nitrogens is 2. The Morgan fingerprint density at radius 1 is 1.56 bits per heavy atom. The molecule has 1 aliphatic rings. The molecule has 1 aromatic rings. The van der Waals surface area contributed by atoms with Gasteiger partial charge in [0.2, 0.25) is 0 Å². The van der Waals surface area contributed by atoms with E-state index in [9.17, 15) is 9.59 Å². The van der Waals surface area contributed by atoms with Gasteiger partial charge in [-0.3, -0.25) is 9.59 Å². The second-order valence-electron chi connectivity index (χ2n) is 3.98. The van der Waals surface area contributed by atoms with Crippen molar-refractivity contribution in [2.45, 2.75) is 24.0 Å². The largest absolute Gasteiger partial charge is 0.481 e. The molecule has 0 amide bonds. The minimum Gasteiger partial charge on any atom is -0.481 e. The molecule has 0 saturated carbocycles. The Morgan fingerprint density at radius 2 is 2.28 bits per heavy atom. The highest BCUT2D eigenvalue weighted by Gasteiger charge is 2.18. The van der Waals surface area contributed by atoms with Crippen LogP contribution >= 0.6 is 11.8 Å². The molecule has 1 saturated heterocycles. The second kappa shape index (κ2) is 6.01. The lowest BCUT2D eigenvalue weighted by atomic mass is 10.1. The number of thioether (sulfide) groups is 1. The van der Waals surface area contributed by atoms with E-state index in [1.54, 1.807) is 6.20 Å². The topological polar surface area (TPSA) is 81.4 Å². The Balaban J connectivity index is 2.21. The Labute approximate surface area is 108 Å². The van der Waals surface area contributed by atoms with Gasteiger partial charge in [0.15, 0.2) is 5.16 Å². The molecule has 1 aromatic heterocycles. The Bertz CT molecular complexity index is 482. The maximum Gasteiger partial charge on any atom is 0.313 e. The van der Waals surface area contributed by atoms with Crippen molar-refractivity contribution in [3.05, 3.63) is 22.6 Å². The van der Waals surface area contributed by atoms with Crippen LogP contribution in [0.15, 0.2) is 22.2 Å². The first-order valence-corrected chi connectivity index (χ1v) is 6.67. The summed E-state index contributed by atoms with van der Waals surface area (Å²) >= 11 is 1.07. The molecule has 18 heavy (non-hydrogen) atoms. The molecule has 0 radical (unpaired) electrons. The maximum absolute atomic E-state index is 11.3. The highest BCUT2D eigenvalue weighted by atomic mass is 32.2. The molecule has 7 heteroatoms. The molecule has 98 valence electrons. The van der Waals surface area contributed by atoms with Crippen LogP contribution < -0.4 is 5.56 Å². The minimum atomic E-state index is -0.920. The van der Waals surface area contributed by atoms with Crippen LogP contribution in [-0.2, 0) is 9.53 Å². The number of aliphatic carboxylic acids is 1. The normalized spacial score (nSPS) is 16.7. The number of carboxylic acid groups (broad SMARTS) is 1. The van der Waals surface area contributed by atoms with Gasteiger partial charge < -0.3 is 14.4 Å². The van der Waals surface area contributed by atoms with Crippen LogP contribution in [-0.4, -0.2) is 39.6 Å². The predicted octanol–water partition coefficient (Wildman–Crippen LogP) is 0.772. The standard InChI is InChI=1S/C11H14N2O4S/c14-9-1-4-13(8-2-5-17-6-3-8)11(12-9)18-7-10(15)16/h1,4,8H,2-3,5-7H2,(H,15,16). The molecule has 2 rings (SSSR count). The number of carboxylic acids is 1. The van der Waals surface area contributed by atoms with Gasteiger partial charge in [0, 0.05) is 31.5 Å². The maximum atomic E-state index is 11.3. The molecule has 6 nitrogen and oxygen atoms in total. The van der Waals surface area contributed by atoms with Crippen LogP contribution in [0.25, 0.3) is 0 Å². The monoisotopic (exact) mass is 270 g/mol. The van der Waals surface area contributed by atoms with Crippen molar-refractivity contribution in [2.75, 3.05) is 19.0 Å². The number of carbonyl (C=O) groups is 1. The highest BCUT2D eigenvalue weighted by molar-refractivity contribution is 7.99. The zero-order valence-corrected chi connectivity index (χ0v) is 10.6. The molecule has 1 aliphatic heterocycles. The van der Waals surface area contributed by atoms with E-state index >= 15 is 0 Å². The van der Waals surface area contributed by atoms with Crippen molar-refractivity contribution in [1.82, 2.24) is 9.55 Å². The smallest absolute Gasteiger partial charge is 0.313 e. The number of nitrogens with zero attached hydrogens (tertiary/aromatic N) is 2. The van der Waals surface area contributed by atoms with Crippen LogP contribution in [0.2, 0.25) is 0 Å². The van der Waals surface area contributed by atoms with Gasteiger partial charge >= 0.3 is 5.97 Å². The van der Waals surface area contributed by atoms with Crippen molar-refractivity contribution in [3.8, 4) is 0 Å². The summed E-state index contributed by atoms with van der Waals surface area (Å²) in [5.41, 5.74) is -0.341. The summed E-state index contributed by atoms with van der Waals surface area (Å²) in [5, 5.41) is 9.16. The molecule has 2 heterocycles. The number of hydrogen-bond donors (Lipinski definition) is 1. The SMILES string of the molecule is O=C(O)CSc1nc(=O)ccn1C1CCOCC1. The van der Waals surface area contributed by atoms with Gasteiger partial charge in [-0.2, -0.15) is 4.98 Å². The Hall–Kier alpha value is -1.34. The third-order valence-corrected chi connectivity index (χ3v) is 3.66. The first kappa shape index (κ1) is 13.1. The lowest BCUT2D eigenvalue weighted by Gasteiger charge is -2.26. The number of hydrogen-bond acceptors (Lipinski definition) is 5. The third kappa shape index (κ3) is 3.33. The van der Waals surface area contributed by atoms with Crippen molar-refractivity contribution < 1.29 is 14.6 Å². The van der Waals surface area contributed by atoms with E-state index < -0.39 is 5.97 Å². The summed E-state index contributed by atoms with van der Waals surface area (Å²) < 4.78 is 7.17. The van der Waals surface area contributed by atoms with E-state index in [0.717, 1.165) is 24.6 Å². The summed E-state index contributed by atoms with van der Waals surface area (Å²) in [6.45, 7) is 1.36. The van der Waals surface area contributed by atoms with Gasteiger partial charge in [-0.15, -0.1) is 0 Å². The average Bonchev–Trinajstić information content (AvgIpc) is 2.37. The van der Waals surface area contributed by atoms with Crippen LogP contribution in [0.1, 0.15) is 18.9 Å². The van der Waals surface area contributed by atoms with Gasteiger partial charge in [-0.1, -0.05) is 11.8 Å².